The number of nitrogens with two attached hydrogens (primary N) is 1. The molecule has 7 nitrogen and oxygen atoms in total. The molecule has 0 fully saturated rings. The van der Waals surface area contributed by atoms with Gasteiger partial charge >= 0.3 is 5.97 Å². The second-order valence-electron chi connectivity index (χ2n) is 7.55. The number of esters is 1. The zero-order valence-corrected chi connectivity index (χ0v) is 19.5. The quantitative estimate of drug-likeness (QED) is 0.311. The van der Waals surface area contributed by atoms with Crippen molar-refractivity contribution in [3.63, 3.8) is 0 Å². The van der Waals surface area contributed by atoms with Crippen molar-refractivity contribution in [3.8, 4) is 11.5 Å². The Morgan fingerprint density at radius 3 is 2.27 bits per heavy atom. The van der Waals surface area contributed by atoms with E-state index in [0.717, 1.165) is 18.4 Å². The monoisotopic (exact) mass is 468 g/mol. The number of hydrogen-bond acceptors (Lipinski definition) is 6. The van der Waals surface area contributed by atoms with Gasteiger partial charge in [-0.3, -0.25) is 0 Å². The predicted molar refractivity (Wildman–Crippen MR) is 128 cm³/mol. The molecule has 8 heteroatoms. The van der Waals surface area contributed by atoms with E-state index >= 15 is 0 Å². The summed E-state index contributed by atoms with van der Waals surface area (Å²) < 4.78 is 36.4. The highest BCUT2D eigenvalue weighted by molar-refractivity contribution is 7.89. The molecule has 0 aliphatic rings. The van der Waals surface area contributed by atoms with Crippen molar-refractivity contribution in [2.24, 2.45) is 5.14 Å². The molecule has 0 aliphatic carbocycles. The molecule has 0 heterocycles. The highest BCUT2D eigenvalue weighted by Gasteiger charge is 2.25. The van der Waals surface area contributed by atoms with Crippen molar-refractivity contribution >= 4 is 21.7 Å². The van der Waals surface area contributed by atoms with Gasteiger partial charge in [0, 0.05) is 6.54 Å². The summed E-state index contributed by atoms with van der Waals surface area (Å²) in [6, 6.07) is 20.8. The van der Waals surface area contributed by atoms with Gasteiger partial charge < -0.3 is 14.8 Å². The molecule has 0 aromatic heterocycles. The van der Waals surface area contributed by atoms with Gasteiger partial charge in [0.25, 0.3) is 0 Å². The van der Waals surface area contributed by atoms with Crippen molar-refractivity contribution in [1.29, 1.82) is 0 Å². The highest BCUT2D eigenvalue weighted by Crippen LogP contribution is 2.37. The second kappa shape index (κ2) is 11.0. The summed E-state index contributed by atoms with van der Waals surface area (Å²) in [7, 11) is -4.22. The number of benzene rings is 3. The molecule has 33 heavy (non-hydrogen) atoms. The van der Waals surface area contributed by atoms with E-state index in [9.17, 15) is 13.2 Å². The summed E-state index contributed by atoms with van der Waals surface area (Å²) in [4.78, 5) is 12.6. The van der Waals surface area contributed by atoms with Crippen LogP contribution in [0, 0.1) is 0 Å². The molecule has 3 aromatic rings. The first-order valence-electron chi connectivity index (χ1n) is 10.7. The van der Waals surface area contributed by atoms with Gasteiger partial charge in [-0.25, -0.2) is 18.4 Å². The standard InChI is InChI=1S/C25H28N2O5S/c1-3-4-15-27-22-16-20(25(28)31-18(2)19-11-7-5-8-12-19)17-23(33(26,29)30)24(22)32-21-13-9-6-10-14-21/h5-14,16-18,27H,3-4,15H2,1-2H3,(H2,26,29,30)/t18-/m0/s1. The third-order valence-corrected chi connectivity index (χ3v) is 5.88. The van der Waals surface area contributed by atoms with Gasteiger partial charge in [-0.1, -0.05) is 61.9 Å². The van der Waals surface area contributed by atoms with Crippen LogP contribution >= 0.6 is 0 Å². The normalized spacial score (nSPS) is 12.1. The minimum atomic E-state index is -4.22. The molecule has 1 atom stereocenters. The molecule has 0 bridgehead atoms. The van der Waals surface area contributed by atoms with Crippen molar-refractivity contribution in [2.75, 3.05) is 11.9 Å². The number of primary sulfonamides is 1. The summed E-state index contributed by atoms with van der Waals surface area (Å²) in [5.41, 5.74) is 1.22. The van der Waals surface area contributed by atoms with E-state index in [4.69, 9.17) is 14.6 Å². The first kappa shape index (κ1) is 24.3. The molecule has 3 rings (SSSR count). The lowest BCUT2D eigenvalue weighted by Gasteiger charge is -2.19. The maximum absolute atomic E-state index is 12.9. The van der Waals surface area contributed by atoms with Gasteiger partial charge in [0.2, 0.25) is 10.0 Å². The van der Waals surface area contributed by atoms with E-state index in [1.165, 1.54) is 12.1 Å². The van der Waals surface area contributed by atoms with E-state index in [1.807, 2.05) is 43.3 Å². The Morgan fingerprint density at radius 2 is 1.67 bits per heavy atom. The number of hydrogen-bond donors (Lipinski definition) is 2. The van der Waals surface area contributed by atoms with Crippen LogP contribution in [0.1, 0.15) is 48.7 Å². The number of rotatable bonds is 10. The SMILES string of the molecule is CCCCNc1cc(C(=O)O[C@@H](C)c2ccccc2)cc(S(N)(=O)=O)c1Oc1ccccc1. The Hall–Kier alpha value is -3.36. The minimum absolute atomic E-state index is 0.0347. The lowest BCUT2D eigenvalue weighted by Crippen LogP contribution is -2.17. The second-order valence-corrected chi connectivity index (χ2v) is 9.08. The molecule has 0 unspecified atom stereocenters. The average molecular weight is 469 g/mol. The van der Waals surface area contributed by atoms with Crippen molar-refractivity contribution in [2.45, 2.75) is 37.7 Å². The number of anilines is 1. The average Bonchev–Trinajstić information content (AvgIpc) is 2.80. The summed E-state index contributed by atoms with van der Waals surface area (Å²) in [5.74, 6) is -0.192. The molecule has 0 amide bonds. The summed E-state index contributed by atoms with van der Waals surface area (Å²) in [6.45, 7) is 4.35. The van der Waals surface area contributed by atoms with Gasteiger partial charge in [-0.05, 0) is 43.2 Å². The molecule has 3 N–H and O–H groups in total. The van der Waals surface area contributed by atoms with Crippen molar-refractivity contribution in [1.82, 2.24) is 0 Å². The molecule has 0 saturated heterocycles. The molecular formula is C25H28N2O5S. The fourth-order valence-corrected chi connectivity index (χ4v) is 3.90. The topological polar surface area (TPSA) is 108 Å². The van der Waals surface area contributed by atoms with Crippen LogP contribution in [0.15, 0.2) is 77.7 Å². The van der Waals surface area contributed by atoms with E-state index in [2.05, 4.69) is 5.32 Å². The molecule has 0 aliphatic heterocycles. The van der Waals surface area contributed by atoms with Crippen molar-refractivity contribution < 1.29 is 22.7 Å². The van der Waals surface area contributed by atoms with Crippen LogP contribution in [0.3, 0.4) is 0 Å². The molecule has 3 aromatic carbocycles. The fourth-order valence-electron chi connectivity index (χ4n) is 3.19. The number of carbonyl (C=O) groups is 1. The smallest absolute Gasteiger partial charge is 0.338 e. The third kappa shape index (κ3) is 6.57. The van der Waals surface area contributed by atoms with Gasteiger partial charge in [-0.2, -0.15) is 0 Å². The first-order valence-corrected chi connectivity index (χ1v) is 12.3. The van der Waals surface area contributed by atoms with E-state index in [1.54, 1.807) is 31.2 Å². The predicted octanol–water partition coefficient (Wildman–Crippen LogP) is 5.26. The Bertz CT molecular complexity index is 1180. The van der Waals surface area contributed by atoms with Gasteiger partial charge in [0.05, 0.1) is 11.3 Å². The van der Waals surface area contributed by atoms with Crippen molar-refractivity contribution in [3.05, 3.63) is 83.9 Å². The zero-order valence-electron chi connectivity index (χ0n) is 18.7. The van der Waals surface area contributed by atoms with Gasteiger partial charge in [0.1, 0.15) is 16.7 Å². The Morgan fingerprint density at radius 1 is 1.03 bits per heavy atom. The van der Waals surface area contributed by atoms with Crippen LogP contribution in [0.4, 0.5) is 5.69 Å². The Kier molecular flexibility index (Phi) is 8.08. The van der Waals surface area contributed by atoms with Crippen LogP contribution in [0.2, 0.25) is 0 Å². The highest BCUT2D eigenvalue weighted by atomic mass is 32.2. The van der Waals surface area contributed by atoms with Crippen LogP contribution < -0.4 is 15.2 Å². The largest absolute Gasteiger partial charge is 0.454 e. The summed E-state index contributed by atoms with van der Waals surface area (Å²) in [5, 5.41) is 8.68. The lowest BCUT2D eigenvalue weighted by atomic mass is 10.1. The summed E-state index contributed by atoms with van der Waals surface area (Å²) >= 11 is 0. The third-order valence-electron chi connectivity index (χ3n) is 4.96. The molecule has 174 valence electrons. The fraction of sp³-hybridized carbons (Fsp3) is 0.240. The minimum Gasteiger partial charge on any atom is -0.454 e. The number of para-hydroxylation sites is 1. The maximum atomic E-state index is 12.9. The van der Waals surface area contributed by atoms with Crippen LogP contribution in [-0.2, 0) is 14.8 Å². The van der Waals surface area contributed by atoms with Crippen LogP contribution in [-0.4, -0.2) is 20.9 Å². The molecule has 0 radical (unpaired) electrons. The lowest BCUT2D eigenvalue weighted by molar-refractivity contribution is 0.0337. The first-order chi connectivity index (χ1) is 15.8. The van der Waals surface area contributed by atoms with Gasteiger partial charge in [0.15, 0.2) is 5.75 Å². The summed E-state index contributed by atoms with van der Waals surface area (Å²) in [6.07, 6.45) is 1.25. The Labute approximate surface area is 194 Å². The molecule has 0 saturated carbocycles. The van der Waals surface area contributed by atoms with E-state index in [-0.39, 0.29) is 16.2 Å². The number of unbranched alkanes of at least 4 members (excludes halogenated alkanes) is 1. The molecular weight excluding hydrogens is 440 g/mol. The number of carbonyl (C=O) groups excluding carboxylic acids is 1. The molecule has 0 spiro atoms. The number of ether oxygens (including phenoxy) is 2. The van der Waals surface area contributed by atoms with Crippen LogP contribution in [0.25, 0.3) is 0 Å². The maximum Gasteiger partial charge on any atom is 0.338 e. The van der Waals surface area contributed by atoms with Gasteiger partial charge in [-0.15, -0.1) is 0 Å². The number of sulfonamides is 1. The zero-order chi connectivity index (χ0) is 23.8. The number of nitrogens with one attached hydrogen (secondary N) is 1. The van der Waals surface area contributed by atoms with E-state index < -0.39 is 22.1 Å². The van der Waals surface area contributed by atoms with Crippen LogP contribution in [0.5, 0.6) is 11.5 Å². The van der Waals surface area contributed by atoms with E-state index in [0.29, 0.717) is 18.0 Å². The Balaban J connectivity index is 2.02.